The average Bonchev–Trinajstić information content (AvgIpc) is 3.06. The minimum atomic E-state index is 0.846. The summed E-state index contributed by atoms with van der Waals surface area (Å²) >= 11 is 3.84. The Balaban J connectivity index is 1.48. The first kappa shape index (κ1) is 19.7. The van der Waals surface area contributed by atoms with Crippen LogP contribution in [-0.4, -0.2) is 38.8 Å². The van der Waals surface area contributed by atoms with Gasteiger partial charge in [-0.25, -0.2) is 0 Å². The van der Waals surface area contributed by atoms with Gasteiger partial charge in [0.1, 0.15) is 0 Å². The van der Waals surface area contributed by atoms with Crippen molar-refractivity contribution < 1.29 is 4.74 Å². The van der Waals surface area contributed by atoms with E-state index < -0.39 is 0 Å². The molecule has 0 bridgehead atoms. The van der Waals surface area contributed by atoms with Crippen molar-refractivity contribution >= 4 is 23.1 Å². The lowest BCUT2D eigenvalue weighted by Crippen LogP contribution is -2.15. The highest BCUT2D eigenvalue weighted by Gasteiger charge is 2.21. The van der Waals surface area contributed by atoms with E-state index in [1.165, 1.54) is 36.2 Å². The summed E-state index contributed by atoms with van der Waals surface area (Å²) in [6.07, 6.45) is 3.27. The van der Waals surface area contributed by atoms with Crippen molar-refractivity contribution in [3.05, 3.63) is 59.5 Å². The predicted octanol–water partition coefficient (Wildman–Crippen LogP) is 6.45. The molecule has 4 rings (SSSR count). The van der Waals surface area contributed by atoms with Crippen molar-refractivity contribution in [2.24, 2.45) is 0 Å². The third kappa shape index (κ3) is 4.52. The lowest BCUT2D eigenvalue weighted by molar-refractivity contribution is 0.124. The number of nitrogens with zero attached hydrogens (tertiary/aromatic N) is 1. The SMILES string of the molecule is CN(C)CCCOCCCc1cc2c(s1)-c1ccccc1Sc1ccccc1-2. The molecule has 0 saturated carbocycles. The Kier molecular flexibility index (Phi) is 6.53. The standard InChI is InChI=1S/C24H27NOS2/c1-25(2)14-8-16-26-15-7-9-18-17-21-19-10-3-5-12-22(19)28-23-13-6-4-11-20(23)24(21)27-18/h3-6,10-13,17H,7-9,14-16H2,1-2H3. The molecule has 146 valence electrons. The summed E-state index contributed by atoms with van der Waals surface area (Å²) in [6, 6.07) is 20.0. The maximum absolute atomic E-state index is 5.81. The van der Waals surface area contributed by atoms with Crippen LogP contribution in [0.3, 0.4) is 0 Å². The third-order valence-electron chi connectivity index (χ3n) is 4.92. The molecule has 0 radical (unpaired) electrons. The molecule has 0 unspecified atom stereocenters. The van der Waals surface area contributed by atoms with Gasteiger partial charge in [-0.05, 0) is 63.7 Å². The van der Waals surface area contributed by atoms with Gasteiger partial charge in [0.15, 0.2) is 0 Å². The van der Waals surface area contributed by atoms with E-state index in [-0.39, 0.29) is 0 Å². The van der Waals surface area contributed by atoms with Crippen molar-refractivity contribution in [2.75, 3.05) is 33.9 Å². The van der Waals surface area contributed by atoms with Crippen LogP contribution in [0.1, 0.15) is 17.7 Å². The van der Waals surface area contributed by atoms with Gasteiger partial charge in [-0.15, -0.1) is 11.3 Å². The number of ether oxygens (including phenoxy) is 1. The molecule has 0 N–H and O–H groups in total. The first-order chi connectivity index (χ1) is 13.7. The molecule has 28 heavy (non-hydrogen) atoms. The van der Waals surface area contributed by atoms with Gasteiger partial charge in [-0.3, -0.25) is 0 Å². The zero-order valence-electron chi connectivity index (χ0n) is 16.6. The monoisotopic (exact) mass is 409 g/mol. The van der Waals surface area contributed by atoms with E-state index in [2.05, 4.69) is 73.6 Å². The minimum absolute atomic E-state index is 0.846. The molecule has 0 aliphatic carbocycles. The second-order valence-electron chi connectivity index (χ2n) is 7.42. The van der Waals surface area contributed by atoms with Gasteiger partial charge in [0.05, 0.1) is 0 Å². The third-order valence-corrected chi connectivity index (χ3v) is 7.30. The molecule has 1 aromatic heterocycles. The van der Waals surface area contributed by atoms with E-state index in [4.69, 9.17) is 4.74 Å². The highest BCUT2D eigenvalue weighted by Crippen LogP contribution is 2.50. The Bertz CT molecular complexity index is 869. The van der Waals surface area contributed by atoms with Crippen LogP contribution in [-0.2, 0) is 11.2 Å². The van der Waals surface area contributed by atoms with Crippen LogP contribution < -0.4 is 0 Å². The maximum atomic E-state index is 5.81. The summed E-state index contributed by atoms with van der Waals surface area (Å²) < 4.78 is 5.81. The summed E-state index contributed by atoms with van der Waals surface area (Å²) in [5.41, 5.74) is 4.12. The Hall–Kier alpha value is -1.59. The number of benzene rings is 2. The lowest BCUT2D eigenvalue weighted by atomic mass is 10.0. The second-order valence-corrected chi connectivity index (χ2v) is 9.64. The minimum Gasteiger partial charge on any atom is -0.381 e. The van der Waals surface area contributed by atoms with E-state index in [1.54, 1.807) is 0 Å². The van der Waals surface area contributed by atoms with E-state index in [1.807, 2.05) is 23.1 Å². The molecule has 1 aliphatic rings. The highest BCUT2D eigenvalue weighted by molar-refractivity contribution is 7.99. The fraction of sp³-hybridized carbons (Fsp3) is 0.333. The number of fused-ring (bicyclic) bond motifs is 5. The van der Waals surface area contributed by atoms with E-state index in [0.29, 0.717) is 0 Å². The molecule has 0 fully saturated rings. The smallest absolute Gasteiger partial charge is 0.0478 e. The molecule has 2 heterocycles. The average molecular weight is 410 g/mol. The Morgan fingerprint density at radius 3 is 2.29 bits per heavy atom. The lowest BCUT2D eigenvalue weighted by Gasteiger charge is -2.09. The van der Waals surface area contributed by atoms with Gasteiger partial charge >= 0.3 is 0 Å². The van der Waals surface area contributed by atoms with Gasteiger partial charge in [0, 0.05) is 43.9 Å². The highest BCUT2D eigenvalue weighted by atomic mass is 32.2. The van der Waals surface area contributed by atoms with Crippen molar-refractivity contribution in [3.8, 4) is 21.6 Å². The van der Waals surface area contributed by atoms with Crippen LogP contribution in [0.15, 0.2) is 64.4 Å². The normalized spacial score (nSPS) is 12.4. The van der Waals surface area contributed by atoms with Gasteiger partial charge < -0.3 is 9.64 Å². The molecule has 3 aromatic rings. The molecule has 2 nitrogen and oxygen atoms in total. The van der Waals surface area contributed by atoms with Crippen LogP contribution in [0.25, 0.3) is 21.6 Å². The molecule has 0 spiro atoms. The van der Waals surface area contributed by atoms with Crippen molar-refractivity contribution in [2.45, 2.75) is 29.1 Å². The molecular formula is C24H27NOS2. The van der Waals surface area contributed by atoms with Crippen LogP contribution in [0.4, 0.5) is 0 Å². The van der Waals surface area contributed by atoms with Crippen LogP contribution in [0.5, 0.6) is 0 Å². The first-order valence-electron chi connectivity index (χ1n) is 9.94. The van der Waals surface area contributed by atoms with Crippen LogP contribution in [0, 0.1) is 0 Å². The first-order valence-corrected chi connectivity index (χ1v) is 11.6. The largest absolute Gasteiger partial charge is 0.381 e. The molecule has 1 aliphatic heterocycles. The van der Waals surface area contributed by atoms with Crippen LogP contribution >= 0.6 is 23.1 Å². The quantitative estimate of drug-likeness (QED) is 0.310. The van der Waals surface area contributed by atoms with Crippen molar-refractivity contribution in [3.63, 3.8) is 0 Å². The van der Waals surface area contributed by atoms with Gasteiger partial charge in [-0.2, -0.15) is 0 Å². The van der Waals surface area contributed by atoms with Gasteiger partial charge in [-0.1, -0.05) is 48.2 Å². The maximum Gasteiger partial charge on any atom is 0.0478 e. The Morgan fingerprint density at radius 1 is 0.821 bits per heavy atom. The Morgan fingerprint density at radius 2 is 1.50 bits per heavy atom. The molecular weight excluding hydrogens is 382 g/mol. The zero-order chi connectivity index (χ0) is 19.3. The number of rotatable bonds is 8. The van der Waals surface area contributed by atoms with Gasteiger partial charge in [0.2, 0.25) is 0 Å². The number of hydrogen-bond donors (Lipinski definition) is 0. The van der Waals surface area contributed by atoms with Crippen molar-refractivity contribution in [1.82, 2.24) is 4.90 Å². The number of aryl methyl sites for hydroxylation is 1. The summed E-state index contributed by atoms with van der Waals surface area (Å²) in [4.78, 5) is 7.78. The summed E-state index contributed by atoms with van der Waals surface area (Å²) in [6.45, 7) is 2.80. The van der Waals surface area contributed by atoms with E-state index >= 15 is 0 Å². The molecule has 0 atom stereocenters. The summed E-state index contributed by atoms with van der Waals surface area (Å²) in [7, 11) is 4.21. The zero-order valence-corrected chi connectivity index (χ0v) is 18.2. The van der Waals surface area contributed by atoms with E-state index in [0.717, 1.165) is 39.0 Å². The van der Waals surface area contributed by atoms with Crippen molar-refractivity contribution in [1.29, 1.82) is 0 Å². The van der Waals surface area contributed by atoms with Gasteiger partial charge in [0.25, 0.3) is 0 Å². The summed E-state index contributed by atoms with van der Waals surface area (Å²) in [5.74, 6) is 0. The number of thiophene rings is 1. The van der Waals surface area contributed by atoms with Crippen LogP contribution in [0.2, 0.25) is 0 Å². The predicted molar refractivity (Wildman–Crippen MR) is 122 cm³/mol. The fourth-order valence-electron chi connectivity index (χ4n) is 3.54. The summed E-state index contributed by atoms with van der Waals surface area (Å²) in [5, 5.41) is 0. The van der Waals surface area contributed by atoms with E-state index in [9.17, 15) is 0 Å². The molecule has 4 heteroatoms. The molecule has 0 amide bonds. The number of hydrogen-bond acceptors (Lipinski definition) is 4. The Labute approximate surface area is 176 Å². The molecule has 2 aromatic carbocycles. The fourth-order valence-corrected chi connectivity index (χ4v) is 5.95. The second kappa shape index (κ2) is 9.27. The topological polar surface area (TPSA) is 12.5 Å². The molecule has 0 saturated heterocycles.